The molecule has 9 heteroatoms. The molecule has 5 atom stereocenters. The number of β-amino-alcohol motifs (C(OH)–C–C–N with tert-alkyl or cyclic N) is 1. The van der Waals surface area contributed by atoms with Crippen LogP contribution in [-0.2, 0) is 14.4 Å². The van der Waals surface area contributed by atoms with Crippen molar-refractivity contribution in [2.75, 3.05) is 44.8 Å². The summed E-state index contributed by atoms with van der Waals surface area (Å²) in [6.45, 7) is 10.7. The zero-order chi connectivity index (χ0) is 26.7. The molecule has 3 amide bonds. The highest BCUT2D eigenvalue weighted by molar-refractivity contribution is 8.02. The Bertz CT molecular complexity index is 1050. The lowest BCUT2D eigenvalue weighted by Gasteiger charge is -2.37. The van der Waals surface area contributed by atoms with E-state index in [0.717, 1.165) is 12.8 Å². The van der Waals surface area contributed by atoms with Gasteiger partial charge in [-0.25, -0.2) is 0 Å². The van der Waals surface area contributed by atoms with Crippen molar-refractivity contribution in [2.24, 2.45) is 11.8 Å². The number of carbonyl (C=O) groups is 3. The highest BCUT2D eigenvalue weighted by Gasteiger charge is 2.74. The third kappa shape index (κ3) is 4.56. The molecule has 0 radical (unpaired) electrons. The third-order valence-corrected chi connectivity index (χ3v) is 9.73. The number of aliphatic hydroxyl groups is 1. The molecule has 1 spiro atoms. The van der Waals surface area contributed by atoms with Gasteiger partial charge in [0.1, 0.15) is 11.8 Å². The van der Waals surface area contributed by atoms with E-state index in [4.69, 9.17) is 4.74 Å². The van der Waals surface area contributed by atoms with Crippen molar-refractivity contribution in [3.63, 3.8) is 0 Å². The lowest BCUT2D eigenvalue weighted by molar-refractivity contribution is -0.144. The number of nitrogens with zero attached hydrogens (tertiary/aromatic N) is 3. The molecule has 1 N–H and O–H groups in total. The zero-order valence-corrected chi connectivity index (χ0v) is 22.5. The van der Waals surface area contributed by atoms with Gasteiger partial charge in [0.15, 0.2) is 0 Å². The zero-order valence-electron chi connectivity index (χ0n) is 21.7. The van der Waals surface area contributed by atoms with Gasteiger partial charge in [-0.1, -0.05) is 19.1 Å². The Kier molecular flexibility index (Phi) is 8.33. The van der Waals surface area contributed by atoms with Crippen LogP contribution in [0.5, 0.6) is 5.75 Å². The molecular weight excluding hydrogens is 490 g/mol. The van der Waals surface area contributed by atoms with E-state index < -0.39 is 22.6 Å². The van der Waals surface area contributed by atoms with E-state index in [9.17, 15) is 19.5 Å². The predicted molar refractivity (Wildman–Crippen MR) is 146 cm³/mol. The summed E-state index contributed by atoms with van der Waals surface area (Å²) in [6, 6.07) is 6.43. The Balaban J connectivity index is 1.73. The van der Waals surface area contributed by atoms with Gasteiger partial charge in [0, 0.05) is 37.1 Å². The fourth-order valence-corrected chi connectivity index (χ4v) is 8.56. The number of anilines is 1. The molecule has 3 heterocycles. The van der Waals surface area contributed by atoms with Crippen LogP contribution in [0.15, 0.2) is 49.6 Å². The summed E-state index contributed by atoms with van der Waals surface area (Å²) in [5.41, 5.74) is 0.673. The first-order valence-corrected chi connectivity index (χ1v) is 13.8. The summed E-state index contributed by atoms with van der Waals surface area (Å²) in [7, 11) is 1.58. The minimum atomic E-state index is -0.772. The number of carbonyl (C=O) groups excluding carboxylic acids is 3. The fraction of sp³-hybridized carbons (Fsp3) is 0.536. The molecule has 1 aromatic rings. The van der Waals surface area contributed by atoms with E-state index in [1.165, 1.54) is 4.90 Å². The predicted octanol–water partition coefficient (Wildman–Crippen LogP) is 2.72. The number of hydrogen-bond acceptors (Lipinski definition) is 6. The molecule has 0 aromatic heterocycles. The monoisotopic (exact) mass is 527 g/mol. The molecule has 37 heavy (non-hydrogen) atoms. The Morgan fingerprint density at radius 1 is 1.22 bits per heavy atom. The first-order chi connectivity index (χ1) is 17.9. The van der Waals surface area contributed by atoms with E-state index in [2.05, 4.69) is 13.2 Å². The van der Waals surface area contributed by atoms with Crippen LogP contribution >= 0.6 is 11.8 Å². The maximum Gasteiger partial charge on any atom is 0.251 e. The van der Waals surface area contributed by atoms with Gasteiger partial charge in [-0.3, -0.25) is 14.4 Å². The molecule has 3 aliphatic rings. The van der Waals surface area contributed by atoms with Crippen molar-refractivity contribution >= 4 is 35.2 Å². The number of fused-ring (bicyclic) bond motifs is 1. The number of amides is 3. The standard InChI is InChI=1S/C28H37N3O5S/c1-5-14-29(15-6-2)25(33)22-21-12-13-28(37-21)23(22)26(34)31(17-18-32)24(28)27(35)30(16-7-3)19-8-10-20(36-4)11-9-19/h5,7-11,21-24,32H,1,3,6,12-18H2,2,4H3/t21-,22+,23+,24?,28?/m1/s1. The number of rotatable bonds is 12. The molecular formula is C28H37N3O5S. The summed E-state index contributed by atoms with van der Waals surface area (Å²) in [5.74, 6) is -0.848. The van der Waals surface area contributed by atoms with Crippen molar-refractivity contribution in [1.29, 1.82) is 0 Å². The number of aliphatic hydroxyl groups excluding tert-OH is 1. The van der Waals surface area contributed by atoms with Crippen molar-refractivity contribution in [2.45, 2.75) is 42.2 Å². The largest absolute Gasteiger partial charge is 0.497 e. The maximum absolute atomic E-state index is 14.3. The Labute approximate surface area is 223 Å². The summed E-state index contributed by atoms with van der Waals surface area (Å²) in [5, 5.41) is 9.84. The van der Waals surface area contributed by atoms with Crippen molar-refractivity contribution in [3.05, 3.63) is 49.6 Å². The Morgan fingerprint density at radius 2 is 1.92 bits per heavy atom. The highest BCUT2D eigenvalue weighted by atomic mass is 32.2. The van der Waals surface area contributed by atoms with Gasteiger partial charge in [0.25, 0.3) is 5.91 Å². The average Bonchev–Trinajstić information content (AvgIpc) is 3.54. The van der Waals surface area contributed by atoms with Crippen molar-refractivity contribution in [1.82, 2.24) is 9.80 Å². The number of methoxy groups -OCH3 is 1. The summed E-state index contributed by atoms with van der Waals surface area (Å²) < 4.78 is 4.56. The van der Waals surface area contributed by atoms with Gasteiger partial charge >= 0.3 is 0 Å². The maximum atomic E-state index is 14.3. The van der Waals surface area contributed by atoms with Crippen LogP contribution in [0.25, 0.3) is 0 Å². The van der Waals surface area contributed by atoms with Gasteiger partial charge in [0.05, 0.1) is 30.3 Å². The van der Waals surface area contributed by atoms with Gasteiger partial charge in [-0.15, -0.1) is 24.9 Å². The van der Waals surface area contributed by atoms with E-state index in [-0.39, 0.29) is 42.7 Å². The van der Waals surface area contributed by atoms with Crippen LogP contribution < -0.4 is 9.64 Å². The second-order valence-corrected chi connectivity index (χ2v) is 11.4. The molecule has 4 rings (SSSR count). The van der Waals surface area contributed by atoms with Crippen molar-refractivity contribution < 1.29 is 24.2 Å². The molecule has 200 valence electrons. The SMILES string of the molecule is C=CCN(CCC)C(=O)[C@@H]1[C@H]2C(=O)N(CCO)C(C(=O)N(CC=C)c3ccc(OC)cc3)C23CC[C@H]1S3. The molecule has 2 bridgehead atoms. The minimum Gasteiger partial charge on any atom is -0.497 e. The minimum absolute atomic E-state index is 0.00830. The Morgan fingerprint density at radius 3 is 2.51 bits per heavy atom. The van der Waals surface area contributed by atoms with Gasteiger partial charge in [-0.05, 0) is 43.5 Å². The second-order valence-electron chi connectivity index (χ2n) is 9.82. The first kappa shape index (κ1) is 27.3. The number of thioether (sulfide) groups is 1. The topological polar surface area (TPSA) is 90.4 Å². The summed E-state index contributed by atoms with van der Waals surface area (Å²) in [6.07, 6.45) is 5.64. The van der Waals surface area contributed by atoms with E-state index in [1.807, 2.05) is 19.1 Å². The third-order valence-electron chi connectivity index (χ3n) is 7.78. The van der Waals surface area contributed by atoms with E-state index >= 15 is 0 Å². The molecule has 2 unspecified atom stereocenters. The normalized spacial score (nSPS) is 27.6. The summed E-state index contributed by atoms with van der Waals surface area (Å²) in [4.78, 5) is 47.0. The van der Waals surface area contributed by atoms with Crippen LogP contribution in [0, 0.1) is 11.8 Å². The summed E-state index contributed by atoms with van der Waals surface area (Å²) >= 11 is 1.64. The van der Waals surface area contributed by atoms with Crippen LogP contribution in [0.4, 0.5) is 5.69 Å². The fourth-order valence-electron chi connectivity index (χ4n) is 6.35. The number of likely N-dealkylation sites (tertiary alicyclic amines) is 1. The van der Waals surface area contributed by atoms with E-state index in [1.54, 1.807) is 53.0 Å². The van der Waals surface area contributed by atoms with E-state index in [0.29, 0.717) is 30.9 Å². The highest BCUT2D eigenvalue weighted by Crippen LogP contribution is 2.66. The molecule has 3 saturated heterocycles. The van der Waals surface area contributed by atoms with Crippen LogP contribution in [0.1, 0.15) is 26.2 Å². The first-order valence-electron chi connectivity index (χ1n) is 12.9. The smallest absolute Gasteiger partial charge is 0.251 e. The van der Waals surface area contributed by atoms with Crippen molar-refractivity contribution in [3.8, 4) is 5.75 Å². The number of ether oxygens (including phenoxy) is 1. The lowest BCUT2D eigenvalue weighted by atomic mass is 9.70. The molecule has 0 saturated carbocycles. The molecule has 3 aliphatic heterocycles. The van der Waals surface area contributed by atoms with Crippen LogP contribution in [0.2, 0.25) is 0 Å². The van der Waals surface area contributed by atoms with Crippen LogP contribution in [0.3, 0.4) is 0 Å². The molecule has 1 aromatic carbocycles. The number of hydrogen-bond donors (Lipinski definition) is 1. The lowest BCUT2D eigenvalue weighted by Crippen LogP contribution is -2.55. The molecule has 8 nitrogen and oxygen atoms in total. The Hall–Kier alpha value is -2.78. The van der Waals surface area contributed by atoms with Gasteiger partial charge < -0.3 is 24.5 Å². The molecule has 3 fully saturated rings. The average molecular weight is 528 g/mol. The quantitative estimate of drug-likeness (QED) is 0.421. The molecule has 0 aliphatic carbocycles. The van der Waals surface area contributed by atoms with Crippen LogP contribution in [-0.4, -0.2) is 88.6 Å². The second kappa shape index (κ2) is 11.3. The number of benzene rings is 1. The van der Waals surface area contributed by atoms with Gasteiger partial charge in [0.2, 0.25) is 11.8 Å². The van der Waals surface area contributed by atoms with Gasteiger partial charge in [-0.2, -0.15) is 0 Å².